The molecule has 0 spiro atoms. The zero-order chi connectivity index (χ0) is 14.2. The Kier molecular flexibility index (Phi) is 4.20. The molecule has 7 heteroatoms. The lowest BCUT2D eigenvalue weighted by Crippen LogP contribution is -2.25. The maximum Gasteiger partial charge on any atom is 0.252 e. The Balaban J connectivity index is 2.24. The molecule has 104 valence electrons. The van der Waals surface area contributed by atoms with Gasteiger partial charge in [0.05, 0.1) is 10.3 Å². The van der Waals surface area contributed by atoms with Gasteiger partial charge >= 0.3 is 0 Å². The summed E-state index contributed by atoms with van der Waals surface area (Å²) in [6.45, 7) is 3.93. The van der Waals surface area contributed by atoms with E-state index < -0.39 is 10.0 Å². The second kappa shape index (κ2) is 5.40. The lowest BCUT2D eigenvalue weighted by Gasteiger charge is -2.14. The quantitative estimate of drug-likeness (QED) is 0.834. The Bertz CT molecular complexity index is 668. The lowest BCUT2D eigenvalue weighted by molar-refractivity contribution is 0.398. The summed E-state index contributed by atoms with van der Waals surface area (Å²) in [5, 5.41) is 0. The van der Waals surface area contributed by atoms with Crippen LogP contribution in [-0.2, 0) is 16.6 Å². The zero-order valence-corrected chi connectivity index (χ0v) is 14.0. The normalized spacial score (nSPS) is 12.3. The fourth-order valence-corrected chi connectivity index (χ4v) is 5.16. The van der Waals surface area contributed by atoms with Gasteiger partial charge in [-0.15, -0.1) is 11.3 Å². The van der Waals surface area contributed by atoms with Crippen molar-refractivity contribution in [3.63, 3.8) is 0 Å². The summed E-state index contributed by atoms with van der Waals surface area (Å²) in [5.41, 5.74) is 0.922. The number of hydrogen-bond donors (Lipinski definition) is 0. The fraction of sp³-hybridized carbons (Fsp3) is 0.333. The van der Waals surface area contributed by atoms with Crippen LogP contribution in [0.1, 0.15) is 17.1 Å². The minimum atomic E-state index is -3.47. The van der Waals surface area contributed by atoms with Crippen LogP contribution in [-0.4, -0.2) is 19.8 Å². The molecule has 0 unspecified atom stereocenters. The van der Waals surface area contributed by atoms with E-state index in [-0.39, 0.29) is 6.54 Å². The number of aryl methyl sites for hydroxylation is 2. The Morgan fingerprint density at radius 3 is 2.53 bits per heavy atom. The predicted octanol–water partition coefficient (Wildman–Crippen LogP) is 3.54. The van der Waals surface area contributed by atoms with Gasteiger partial charge in [0.1, 0.15) is 15.7 Å². The van der Waals surface area contributed by atoms with Crippen LogP contribution in [0.25, 0.3) is 0 Å². The predicted molar refractivity (Wildman–Crippen MR) is 78.9 cm³/mol. The van der Waals surface area contributed by atoms with Gasteiger partial charge < -0.3 is 4.42 Å². The van der Waals surface area contributed by atoms with E-state index in [0.29, 0.717) is 9.97 Å². The second-order valence-electron chi connectivity index (χ2n) is 4.30. The maximum absolute atomic E-state index is 12.4. The smallest absolute Gasteiger partial charge is 0.252 e. The van der Waals surface area contributed by atoms with Crippen molar-refractivity contribution in [3.8, 4) is 0 Å². The van der Waals surface area contributed by atoms with E-state index in [4.69, 9.17) is 4.42 Å². The fourth-order valence-electron chi connectivity index (χ4n) is 1.59. The van der Waals surface area contributed by atoms with Crippen molar-refractivity contribution in [2.24, 2.45) is 0 Å². The first-order valence-electron chi connectivity index (χ1n) is 5.58. The second-order valence-corrected chi connectivity index (χ2v) is 8.94. The molecule has 0 aliphatic heterocycles. The third kappa shape index (κ3) is 3.10. The van der Waals surface area contributed by atoms with Crippen molar-refractivity contribution in [1.82, 2.24) is 4.31 Å². The van der Waals surface area contributed by atoms with E-state index in [1.54, 1.807) is 19.2 Å². The standard InChI is InChI=1S/C12H14BrNO3S2/c1-8-6-11(18-12(8)13)19(15,16)14(3)7-10-5-4-9(2)17-10/h4-6H,7H2,1-3H3. The average molecular weight is 364 g/mol. The SMILES string of the molecule is Cc1ccc(CN(C)S(=O)(=O)c2cc(C)c(Br)s2)o1. The molecule has 2 aromatic heterocycles. The van der Waals surface area contributed by atoms with E-state index in [1.807, 2.05) is 19.9 Å². The number of furan rings is 1. The molecule has 0 atom stereocenters. The molecule has 0 bridgehead atoms. The number of sulfonamides is 1. The first-order valence-corrected chi connectivity index (χ1v) is 8.63. The molecular weight excluding hydrogens is 350 g/mol. The molecule has 0 aliphatic carbocycles. The summed E-state index contributed by atoms with van der Waals surface area (Å²) in [5.74, 6) is 1.41. The molecule has 2 aromatic rings. The number of halogens is 1. The first kappa shape index (κ1) is 14.8. The molecule has 4 nitrogen and oxygen atoms in total. The summed E-state index contributed by atoms with van der Waals surface area (Å²) < 4.78 is 32.6. The third-order valence-electron chi connectivity index (χ3n) is 2.67. The third-order valence-corrected chi connectivity index (χ3v) is 7.06. The largest absolute Gasteiger partial charge is 0.465 e. The summed E-state index contributed by atoms with van der Waals surface area (Å²) >= 11 is 4.57. The van der Waals surface area contributed by atoms with Gasteiger partial charge in [0.15, 0.2) is 0 Å². The summed E-state index contributed by atoms with van der Waals surface area (Å²) in [4.78, 5) is 0. The number of rotatable bonds is 4. The first-order chi connectivity index (χ1) is 8.80. The van der Waals surface area contributed by atoms with Crippen LogP contribution in [0.5, 0.6) is 0 Å². The van der Waals surface area contributed by atoms with E-state index >= 15 is 0 Å². The Hall–Kier alpha value is -0.630. The number of hydrogen-bond acceptors (Lipinski definition) is 4. The van der Waals surface area contributed by atoms with Gasteiger partial charge in [-0.3, -0.25) is 0 Å². The van der Waals surface area contributed by atoms with E-state index in [1.165, 1.54) is 15.6 Å². The minimum absolute atomic E-state index is 0.227. The molecule has 0 fully saturated rings. The zero-order valence-electron chi connectivity index (χ0n) is 10.8. The van der Waals surface area contributed by atoms with Gasteiger partial charge in [-0.1, -0.05) is 0 Å². The lowest BCUT2D eigenvalue weighted by atomic mass is 10.4. The highest BCUT2D eigenvalue weighted by Crippen LogP contribution is 2.32. The van der Waals surface area contributed by atoms with E-state index in [2.05, 4.69) is 15.9 Å². The van der Waals surface area contributed by atoms with Crippen molar-refractivity contribution in [1.29, 1.82) is 0 Å². The Morgan fingerprint density at radius 2 is 2.05 bits per heavy atom. The number of nitrogens with zero attached hydrogens (tertiary/aromatic N) is 1. The average Bonchev–Trinajstić information content (AvgIpc) is 2.87. The topological polar surface area (TPSA) is 50.5 Å². The Morgan fingerprint density at radius 1 is 1.37 bits per heavy atom. The van der Waals surface area contributed by atoms with Crippen LogP contribution in [0, 0.1) is 13.8 Å². The molecule has 0 amide bonds. The van der Waals surface area contributed by atoms with Crippen molar-refractivity contribution in [2.45, 2.75) is 24.6 Å². The van der Waals surface area contributed by atoms with Crippen molar-refractivity contribution in [2.75, 3.05) is 7.05 Å². The Labute approximate surface area is 125 Å². The van der Waals surface area contributed by atoms with Gasteiger partial charge in [0.25, 0.3) is 10.0 Å². The van der Waals surface area contributed by atoms with Crippen molar-refractivity contribution in [3.05, 3.63) is 39.1 Å². The van der Waals surface area contributed by atoms with Crippen molar-refractivity contribution >= 4 is 37.3 Å². The molecule has 2 rings (SSSR count). The summed E-state index contributed by atoms with van der Waals surface area (Å²) in [6, 6.07) is 5.28. The van der Waals surface area contributed by atoms with E-state index in [9.17, 15) is 8.42 Å². The molecular formula is C12H14BrNO3S2. The molecule has 19 heavy (non-hydrogen) atoms. The molecule has 0 saturated heterocycles. The molecule has 0 aliphatic rings. The molecule has 0 saturated carbocycles. The highest BCUT2D eigenvalue weighted by Gasteiger charge is 2.24. The van der Waals surface area contributed by atoms with Crippen molar-refractivity contribution < 1.29 is 12.8 Å². The van der Waals surface area contributed by atoms with E-state index in [0.717, 1.165) is 15.1 Å². The monoisotopic (exact) mass is 363 g/mol. The maximum atomic E-state index is 12.4. The van der Waals surface area contributed by atoms with Crippen LogP contribution in [0.2, 0.25) is 0 Å². The van der Waals surface area contributed by atoms with Crippen LogP contribution < -0.4 is 0 Å². The van der Waals surface area contributed by atoms with Gasteiger partial charge in [0.2, 0.25) is 0 Å². The number of thiophene rings is 1. The molecule has 2 heterocycles. The van der Waals surface area contributed by atoms with Gasteiger partial charge in [-0.2, -0.15) is 4.31 Å². The van der Waals surface area contributed by atoms with Crippen LogP contribution >= 0.6 is 27.3 Å². The van der Waals surface area contributed by atoms with Crippen LogP contribution in [0.15, 0.2) is 30.6 Å². The van der Waals surface area contributed by atoms with Crippen LogP contribution in [0.3, 0.4) is 0 Å². The summed E-state index contributed by atoms with van der Waals surface area (Å²) in [7, 11) is -1.92. The molecule has 0 aromatic carbocycles. The highest BCUT2D eigenvalue weighted by molar-refractivity contribution is 9.11. The summed E-state index contributed by atoms with van der Waals surface area (Å²) in [6.07, 6.45) is 0. The van der Waals surface area contributed by atoms with Gasteiger partial charge in [-0.25, -0.2) is 8.42 Å². The highest BCUT2D eigenvalue weighted by atomic mass is 79.9. The van der Waals surface area contributed by atoms with Gasteiger partial charge in [-0.05, 0) is 53.5 Å². The molecule has 0 N–H and O–H groups in total. The van der Waals surface area contributed by atoms with Crippen LogP contribution in [0.4, 0.5) is 0 Å². The van der Waals surface area contributed by atoms with Gasteiger partial charge in [0, 0.05) is 7.05 Å². The minimum Gasteiger partial charge on any atom is -0.465 e. The molecule has 0 radical (unpaired) electrons.